The molecular formula is C35H44F2O9S. The van der Waals surface area contributed by atoms with Gasteiger partial charge in [0.05, 0.1) is 17.6 Å². The standard InChI is InChI=1S/C35H44F2O9S/c1-6-7-8-15-44-31(41)46-35(30(40)20-45-47(42,43)24-11-9-21(2)10-12-24)22(3)16-25-26-18-28(36)27-17-23(38)13-14-32(27,4)34(26,37)29(39)19-33(25,35)5/h9-14,17,22,25-26,28-29,39H,6-8,15-16,18-20H2,1-5H3/t22-,25+,26+,28+,29+,32+,33+,34+,35+/m1/s1. The molecule has 12 heteroatoms. The van der Waals surface area contributed by atoms with E-state index in [0.29, 0.717) is 6.42 Å². The first-order chi connectivity index (χ1) is 22.0. The fourth-order valence-electron chi connectivity index (χ4n) is 9.07. The lowest BCUT2D eigenvalue weighted by atomic mass is 9.44. The number of ether oxygens (including phenoxy) is 2. The number of aliphatic hydroxyl groups is 1. The number of aliphatic hydroxyl groups excluding tert-OH is 1. The van der Waals surface area contributed by atoms with E-state index in [0.717, 1.165) is 24.5 Å². The molecule has 0 heterocycles. The molecule has 1 aromatic carbocycles. The first-order valence-electron chi connectivity index (χ1n) is 16.3. The fourth-order valence-corrected chi connectivity index (χ4v) is 9.94. The van der Waals surface area contributed by atoms with Crippen LogP contribution in [0.15, 0.2) is 53.0 Å². The molecule has 9 nitrogen and oxygen atoms in total. The smallest absolute Gasteiger partial charge is 0.434 e. The Morgan fingerprint density at radius 2 is 1.77 bits per heavy atom. The number of rotatable bonds is 10. The molecule has 9 atom stereocenters. The Bertz CT molecular complexity index is 1590. The molecule has 3 fully saturated rings. The SMILES string of the molecule is CCCCCOC(=O)O[C@]1(C(=O)COS(=O)(=O)c2ccc(C)cc2)[C@H](C)C[C@H]2[C@@H]3C[C@H](F)C4=CC(=O)C=C[C@]4(C)[C@@]3(F)[C@@H](O)C[C@@]21C. The van der Waals surface area contributed by atoms with Crippen LogP contribution in [-0.2, 0) is 33.4 Å². The second-order valence-electron chi connectivity index (χ2n) is 14.1. The second-order valence-corrected chi connectivity index (χ2v) is 15.7. The van der Waals surface area contributed by atoms with Gasteiger partial charge in [-0.1, -0.05) is 57.4 Å². The number of halogens is 2. The number of fused-ring (bicyclic) bond motifs is 5. The number of carbonyl (C=O) groups excluding carboxylic acids is 3. The first kappa shape index (κ1) is 35.3. The highest BCUT2D eigenvalue weighted by Crippen LogP contribution is 2.71. The van der Waals surface area contributed by atoms with Crippen LogP contribution in [0.5, 0.6) is 0 Å². The number of Topliss-reactive ketones (excluding diaryl/α,β-unsaturated/α-hetero) is 1. The molecule has 0 saturated heterocycles. The van der Waals surface area contributed by atoms with Crippen molar-refractivity contribution in [1.82, 2.24) is 0 Å². The molecule has 0 aliphatic heterocycles. The highest BCUT2D eigenvalue weighted by Gasteiger charge is 2.78. The molecule has 0 aromatic heterocycles. The number of allylic oxidation sites excluding steroid dienone is 4. The number of aryl methyl sites for hydroxylation is 1. The molecule has 1 aromatic rings. The minimum Gasteiger partial charge on any atom is -0.434 e. The quantitative estimate of drug-likeness (QED) is 0.182. The number of unbranched alkanes of at least 4 members (excludes halogenated alkanes) is 2. The van der Waals surface area contributed by atoms with Crippen LogP contribution >= 0.6 is 0 Å². The molecule has 0 bridgehead atoms. The second kappa shape index (κ2) is 12.5. The summed E-state index contributed by atoms with van der Waals surface area (Å²) in [7, 11) is -4.41. The summed E-state index contributed by atoms with van der Waals surface area (Å²) in [5.74, 6) is -4.12. The Kier molecular flexibility index (Phi) is 9.39. The summed E-state index contributed by atoms with van der Waals surface area (Å²) < 4.78 is 76.3. The van der Waals surface area contributed by atoms with Crippen LogP contribution in [0, 0.1) is 35.5 Å². The lowest BCUT2D eigenvalue weighted by molar-refractivity contribution is -0.225. The predicted octanol–water partition coefficient (Wildman–Crippen LogP) is 5.92. The van der Waals surface area contributed by atoms with Crippen molar-refractivity contribution in [2.75, 3.05) is 13.2 Å². The predicted molar refractivity (Wildman–Crippen MR) is 167 cm³/mol. The van der Waals surface area contributed by atoms with Crippen molar-refractivity contribution in [3.63, 3.8) is 0 Å². The zero-order valence-electron chi connectivity index (χ0n) is 27.5. The maximum atomic E-state index is 17.7. The van der Waals surface area contributed by atoms with E-state index in [1.807, 2.05) is 6.92 Å². The van der Waals surface area contributed by atoms with E-state index in [-0.39, 0.29) is 36.3 Å². The lowest BCUT2D eigenvalue weighted by Gasteiger charge is -2.63. The van der Waals surface area contributed by atoms with E-state index >= 15 is 8.78 Å². The summed E-state index contributed by atoms with van der Waals surface area (Å²) in [6, 6.07) is 5.84. The van der Waals surface area contributed by atoms with Crippen molar-refractivity contribution >= 4 is 27.8 Å². The van der Waals surface area contributed by atoms with Crippen molar-refractivity contribution in [1.29, 1.82) is 0 Å². The molecule has 3 saturated carbocycles. The van der Waals surface area contributed by atoms with Gasteiger partial charge in [-0.2, -0.15) is 8.42 Å². The largest absolute Gasteiger partial charge is 0.509 e. The average Bonchev–Trinajstić information content (AvgIpc) is 3.23. The molecular weight excluding hydrogens is 634 g/mol. The maximum absolute atomic E-state index is 17.7. The van der Waals surface area contributed by atoms with Crippen LogP contribution in [-0.4, -0.2) is 68.0 Å². The molecule has 4 aliphatic carbocycles. The molecule has 258 valence electrons. The van der Waals surface area contributed by atoms with Gasteiger partial charge in [-0.25, -0.2) is 13.6 Å². The summed E-state index contributed by atoms with van der Waals surface area (Å²) in [4.78, 5) is 39.6. The zero-order chi connectivity index (χ0) is 34.6. The molecule has 0 radical (unpaired) electrons. The molecule has 0 amide bonds. The topological polar surface area (TPSA) is 133 Å². The van der Waals surface area contributed by atoms with Gasteiger partial charge in [0.2, 0.25) is 5.78 Å². The van der Waals surface area contributed by atoms with E-state index in [1.54, 1.807) is 32.9 Å². The normalized spacial score (nSPS) is 37.7. The molecule has 0 unspecified atom stereocenters. The maximum Gasteiger partial charge on any atom is 0.509 e. The summed E-state index contributed by atoms with van der Waals surface area (Å²) in [5.41, 5.74) is -6.88. The number of benzene rings is 1. The summed E-state index contributed by atoms with van der Waals surface area (Å²) in [6.07, 6.45) is 0.506. The Morgan fingerprint density at radius 3 is 2.43 bits per heavy atom. The third kappa shape index (κ3) is 5.48. The Hall–Kier alpha value is -2.96. The van der Waals surface area contributed by atoms with Crippen LogP contribution in [0.25, 0.3) is 0 Å². The van der Waals surface area contributed by atoms with Gasteiger partial charge in [-0.15, -0.1) is 0 Å². The van der Waals surface area contributed by atoms with E-state index in [2.05, 4.69) is 0 Å². The number of carbonyl (C=O) groups is 3. The monoisotopic (exact) mass is 678 g/mol. The van der Waals surface area contributed by atoms with E-state index in [1.165, 1.54) is 31.2 Å². The van der Waals surface area contributed by atoms with Gasteiger partial charge < -0.3 is 14.6 Å². The van der Waals surface area contributed by atoms with Crippen LogP contribution in [0.4, 0.5) is 13.6 Å². The molecule has 0 spiro atoms. The number of hydrogen-bond acceptors (Lipinski definition) is 9. The minimum absolute atomic E-state index is 0.0185. The molecule has 1 N–H and O–H groups in total. The van der Waals surface area contributed by atoms with Gasteiger partial charge >= 0.3 is 6.16 Å². The summed E-state index contributed by atoms with van der Waals surface area (Å²) in [5, 5.41) is 11.7. The van der Waals surface area contributed by atoms with Gasteiger partial charge in [0.25, 0.3) is 10.1 Å². The van der Waals surface area contributed by atoms with Crippen LogP contribution in [0.1, 0.15) is 71.8 Å². The van der Waals surface area contributed by atoms with Gasteiger partial charge in [0, 0.05) is 22.7 Å². The molecule has 4 aliphatic rings. The van der Waals surface area contributed by atoms with Gasteiger partial charge in [0.1, 0.15) is 12.8 Å². The Morgan fingerprint density at radius 1 is 1.09 bits per heavy atom. The van der Waals surface area contributed by atoms with Gasteiger partial charge in [-0.3, -0.25) is 13.8 Å². The number of ketones is 2. The van der Waals surface area contributed by atoms with Crippen LogP contribution < -0.4 is 0 Å². The third-order valence-corrected chi connectivity index (χ3v) is 12.7. The van der Waals surface area contributed by atoms with Crippen LogP contribution in [0.3, 0.4) is 0 Å². The van der Waals surface area contributed by atoms with Gasteiger partial charge in [0.15, 0.2) is 17.1 Å². The zero-order valence-corrected chi connectivity index (χ0v) is 28.3. The van der Waals surface area contributed by atoms with E-state index in [9.17, 15) is 27.9 Å². The average molecular weight is 679 g/mol. The van der Waals surface area contributed by atoms with Crippen molar-refractivity contribution in [2.45, 2.75) is 102 Å². The first-order valence-corrected chi connectivity index (χ1v) is 17.7. The number of hydrogen-bond donors (Lipinski definition) is 1. The highest BCUT2D eigenvalue weighted by atomic mass is 32.2. The number of alkyl halides is 2. The summed E-state index contributed by atoms with van der Waals surface area (Å²) >= 11 is 0. The van der Waals surface area contributed by atoms with Gasteiger partial charge in [-0.05, 0) is 75.3 Å². The van der Waals surface area contributed by atoms with E-state index in [4.69, 9.17) is 13.7 Å². The molecule has 5 rings (SSSR count). The van der Waals surface area contributed by atoms with E-state index < -0.39 is 86.6 Å². The van der Waals surface area contributed by atoms with Crippen LogP contribution in [0.2, 0.25) is 0 Å². The van der Waals surface area contributed by atoms with Crippen molar-refractivity contribution in [3.8, 4) is 0 Å². The van der Waals surface area contributed by atoms with Crippen molar-refractivity contribution in [2.24, 2.45) is 28.6 Å². The minimum atomic E-state index is -4.41. The fraction of sp³-hybridized carbons (Fsp3) is 0.629. The highest BCUT2D eigenvalue weighted by molar-refractivity contribution is 7.86. The lowest BCUT2D eigenvalue weighted by Crippen LogP contribution is -2.71. The molecule has 47 heavy (non-hydrogen) atoms. The Labute approximate surface area is 274 Å². The Balaban J connectivity index is 1.54. The van der Waals surface area contributed by atoms with Crippen molar-refractivity contribution < 1.29 is 50.3 Å². The summed E-state index contributed by atoms with van der Waals surface area (Å²) in [6.45, 7) is 7.48. The van der Waals surface area contributed by atoms with Crippen molar-refractivity contribution in [3.05, 3.63) is 53.6 Å². The third-order valence-electron chi connectivity index (χ3n) is 11.4.